The molecule has 1 aliphatic rings. The highest BCUT2D eigenvalue weighted by Gasteiger charge is 2.26. The molecule has 0 bridgehead atoms. The summed E-state index contributed by atoms with van der Waals surface area (Å²) in [6.07, 6.45) is 1.47. The van der Waals surface area contributed by atoms with Crippen LogP contribution in [0.3, 0.4) is 0 Å². The van der Waals surface area contributed by atoms with E-state index in [1.807, 2.05) is 32.0 Å². The highest BCUT2D eigenvalue weighted by Crippen LogP contribution is 2.14. The van der Waals surface area contributed by atoms with Gasteiger partial charge in [0.05, 0.1) is 6.26 Å². The van der Waals surface area contributed by atoms with Gasteiger partial charge >= 0.3 is 0 Å². The Morgan fingerprint density at radius 2 is 1.78 bits per heavy atom. The lowest BCUT2D eigenvalue weighted by atomic mass is 10.1. The molecular formula is C20H24N2O4S. The number of hydrogen-bond donors (Lipinski definition) is 0. The fraction of sp³-hybridized carbons (Fsp3) is 0.400. The first-order chi connectivity index (χ1) is 12.9. The lowest BCUT2D eigenvalue weighted by Crippen LogP contribution is -2.51. The summed E-state index contributed by atoms with van der Waals surface area (Å²) in [6, 6.07) is 9.38. The molecule has 1 atom stereocenters. The Kier molecular flexibility index (Phi) is 6.11. The third kappa shape index (κ3) is 4.86. The van der Waals surface area contributed by atoms with E-state index in [0.29, 0.717) is 37.7 Å². The summed E-state index contributed by atoms with van der Waals surface area (Å²) in [7, 11) is -1.25. The number of hydrogen-bond acceptors (Lipinski definition) is 4. The number of rotatable bonds is 5. The largest absolute Gasteiger partial charge is 0.459 e. The van der Waals surface area contributed by atoms with E-state index in [9.17, 15) is 13.8 Å². The van der Waals surface area contributed by atoms with E-state index in [0.717, 1.165) is 16.7 Å². The Labute approximate surface area is 161 Å². The van der Waals surface area contributed by atoms with Gasteiger partial charge in [-0.2, -0.15) is 0 Å². The summed E-state index contributed by atoms with van der Waals surface area (Å²) in [5, 5.41) is 0. The van der Waals surface area contributed by atoms with Gasteiger partial charge in [-0.15, -0.1) is 0 Å². The number of carbonyl (C=O) groups excluding carboxylic acids is 2. The van der Waals surface area contributed by atoms with Crippen molar-refractivity contribution in [1.82, 2.24) is 9.80 Å². The summed E-state index contributed by atoms with van der Waals surface area (Å²) in [4.78, 5) is 28.1. The highest BCUT2D eigenvalue weighted by molar-refractivity contribution is 7.84. The minimum absolute atomic E-state index is 0.0134. The molecule has 2 aromatic rings. The predicted molar refractivity (Wildman–Crippen MR) is 104 cm³/mol. The Bertz CT molecular complexity index is 840. The van der Waals surface area contributed by atoms with Gasteiger partial charge in [0.25, 0.3) is 5.91 Å². The van der Waals surface area contributed by atoms with Crippen molar-refractivity contribution in [1.29, 1.82) is 0 Å². The summed E-state index contributed by atoms with van der Waals surface area (Å²) in [5.41, 5.74) is 3.23. The van der Waals surface area contributed by atoms with Crippen molar-refractivity contribution < 1.29 is 18.2 Å². The molecule has 0 N–H and O–H groups in total. The van der Waals surface area contributed by atoms with Gasteiger partial charge in [-0.05, 0) is 37.1 Å². The molecule has 3 rings (SSSR count). The van der Waals surface area contributed by atoms with Gasteiger partial charge in [-0.3, -0.25) is 13.8 Å². The van der Waals surface area contributed by atoms with E-state index in [-0.39, 0.29) is 17.6 Å². The van der Waals surface area contributed by atoms with Crippen molar-refractivity contribution in [2.45, 2.75) is 19.6 Å². The number of piperazine rings is 1. The van der Waals surface area contributed by atoms with Crippen LogP contribution in [-0.4, -0.2) is 57.8 Å². The van der Waals surface area contributed by atoms with Gasteiger partial charge in [0, 0.05) is 42.7 Å². The normalized spacial score (nSPS) is 15.6. The van der Waals surface area contributed by atoms with Crippen LogP contribution < -0.4 is 0 Å². The van der Waals surface area contributed by atoms with Crippen LogP contribution >= 0.6 is 0 Å². The first-order valence-corrected chi connectivity index (χ1v) is 10.4. The summed E-state index contributed by atoms with van der Waals surface area (Å²) in [6.45, 7) is 5.80. The number of amides is 2. The molecule has 2 heterocycles. The van der Waals surface area contributed by atoms with Crippen molar-refractivity contribution in [2.24, 2.45) is 0 Å². The van der Waals surface area contributed by atoms with E-state index in [1.54, 1.807) is 21.9 Å². The molecule has 27 heavy (non-hydrogen) atoms. The fourth-order valence-corrected chi connectivity index (χ4v) is 4.34. The van der Waals surface area contributed by atoms with Gasteiger partial charge in [-0.1, -0.05) is 23.8 Å². The summed E-state index contributed by atoms with van der Waals surface area (Å²) < 4.78 is 17.6. The van der Waals surface area contributed by atoms with E-state index in [4.69, 9.17) is 4.42 Å². The molecule has 0 aliphatic carbocycles. The van der Waals surface area contributed by atoms with Crippen molar-refractivity contribution in [3.05, 3.63) is 59.0 Å². The van der Waals surface area contributed by atoms with Crippen LogP contribution in [0.5, 0.6) is 0 Å². The molecule has 1 aromatic heterocycles. The lowest BCUT2D eigenvalue weighted by Gasteiger charge is -2.34. The third-order valence-electron chi connectivity index (χ3n) is 4.76. The van der Waals surface area contributed by atoms with Gasteiger partial charge < -0.3 is 14.2 Å². The Balaban J connectivity index is 1.50. The van der Waals surface area contributed by atoms with E-state index in [2.05, 4.69) is 0 Å². The zero-order valence-electron chi connectivity index (χ0n) is 15.6. The SMILES string of the molecule is Cc1ccc(C)c(C[S@](=O)CC(=O)N2CCN(C(=O)c3ccco3)CC2)c1. The Hall–Kier alpha value is -2.41. The number of nitrogens with zero attached hydrogens (tertiary/aromatic N) is 2. The average Bonchev–Trinajstić information content (AvgIpc) is 3.19. The zero-order valence-corrected chi connectivity index (χ0v) is 16.5. The van der Waals surface area contributed by atoms with Crippen LogP contribution in [0.25, 0.3) is 0 Å². The lowest BCUT2D eigenvalue weighted by molar-refractivity contribution is -0.129. The molecular weight excluding hydrogens is 364 g/mol. The van der Waals surface area contributed by atoms with Gasteiger partial charge in [0.2, 0.25) is 5.91 Å². The maximum Gasteiger partial charge on any atom is 0.289 e. The molecule has 0 radical (unpaired) electrons. The van der Waals surface area contributed by atoms with E-state index < -0.39 is 10.8 Å². The molecule has 1 saturated heterocycles. The van der Waals surface area contributed by atoms with Crippen LogP contribution in [0.2, 0.25) is 0 Å². The van der Waals surface area contributed by atoms with Crippen molar-refractivity contribution in [3.63, 3.8) is 0 Å². The van der Waals surface area contributed by atoms with E-state index >= 15 is 0 Å². The number of furan rings is 1. The standard InChI is InChI=1S/C20H24N2O4S/c1-15-5-6-16(2)17(12-15)13-27(25)14-19(23)21-7-9-22(10-8-21)20(24)18-4-3-11-26-18/h3-6,11-12H,7-10,13-14H2,1-2H3/t27-/m0/s1. The van der Waals surface area contributed by atoms with Crippen molar-refractivity contribution >= 4 is 22.6 Å². The average molecular weight is 388 g/mol. The predicted octanol–water partition coefficient (Wildman–Crippen LogP) is 2.13. The van der Waals surface area contributed by atoms with Crippen LogP contribution in [0.4, 0.5) is 0 Å². The smallest absolute Gasteiger partial charge is 0.289 e. The molecule has 7 heteroatoms. The second-order valence-corrected chi connectivity index (χ2v) is 8.27. The Morgan fingerprint density at radius 1 is 1.07 bits per heavy atom. The molecule has 2 amide bonds. The summed E-state index contributed by atoms with van der Waals surface area (Å²) in [5.74, 6) is 0.425. The van der Waals surface area contributed by atoms with Crippen molar-refractivity contribution in [3.8, 4) is 0 Å². The molecule has 0 unspecified atom stereocenters. The monoisotopic (exact) mass is 388 g/mol. The van der Waals surface area contributed by atoms with Crippen LogP contribution in [-0.2, 0) is 21.3 Å². The van der Waals surface area contributed by atoms with Crippen LogP contribution in [0.1, 0.15) is 27.2 Å². The molecule has 0 spiro atoms. The second-order valence-electron chi connectivity index (χ2n) is 6.81. The van der Waals surface area contributed by atoms with Crippen molar-refractivity contribution in [2.75, 3.05) is 31.9 Å². The topological polar surface area (TPSA) is 70.8 Å². The maximum atomic E-state index is 12.5. The molecule has 0 saturated carbocycles. The third-order valence-corrected chi connectivity index (χ3v) is 5.96. The first-order valence-electron chi connectivity index (χ1n) is 8.95. The first kappa shape index (κ1) is 19.4. The van der Waals surface area contributed by atoms with Crippen LogP contribution in [0, 0.1) is 13.8 Å². The maximum absolute atomic E-state index is 12.5. The molecule has 1 aliphatic heterocycles. The number of carbonyl (C=O) groups is 2. The number of benzene rings is 1. The highest BCUT2D eigenvalue weighted by atomic mass is 32.2. The Morgan fingerprint density at radius 3 is 2.44 bits per heavy atom. The van der Waals surface area contributed by atoms with Gasteiger partial charge in [0.1, 0.15) is 5.75 Å². The molecule has 6 nitrogen and oxygen atoms in total. The molecule has 1 aromatic carbocycles. The molecule has 144 valence electrons. The second kappa shape index (κ2) is 8.52. The minimum atomic E-state index is -1.25. The quantitative estimate of drug-likeness (QED) is 0.787. The zero-order chi connectivity index (χ0) is 19.4. The van der Waals surface area contributed by atoms with Crippen LogP contribution in [0.15, 0.2) is 41.0 Å². The minimum Gasteiger partial charge on any atom is -0.459 e. The summed E-state index contributed by atoms with van der Waals surface area (Å²) >= 11 is 0. The van der Waals surface area contributed by atoms with E-state index in [1.165, 1.54) is 6.26 Å². The number of aryl methyl sites for hydroxylation is 2. The van der Waals surface area contributed by atoms with Gasteiger partial charge in [-0.25, -0.2) is 0 Å². The molecule has 1 fully saturated rings. The van der Waals surface area contributed by atoms with Gasteiger partial charge in [0.15, 0.2) is 5.76 Å². The fourth-order valence-electron chi connectivity index (χ4n) is 3.12.